The highest BCUT2D eigenvalue weighted by molar-refractivity contribution is 5.81. The number of esters is 1. The van der Waals surface area contributed by atoms with Crippen molar-refractivity contribution in [2.75, 3.05) is 13.7 Å². The van der Waals surface area contributed by atoms with Gasteiger partial charge in [0.15, 0.2) is 0 Å². The summed E-state index contributed by atoms with van der Waals surface area (Å²) in [5, 5.41) is 3.70. The summed E-state index contributed by atoms with van der Waals surface area (Å²) < 4.78 is 27.7. The van der Waals surface area contributed by atoms with Gasteiger partial charge in [-0.2, -0.15) is 4.98 Å². The van der Waals surface area contributed by atoms with Crippen molar-refractivity contribution in [3.8, 4) is 11.4 Å². The molecule has 0 saturated heterocycles. The Labute approximate surface area is 146 Å². The summed E-state index contributed by atoms with van der Waals surface area (Å²) in [6, 6.07) is 4.86. The van der Waals surface area contributed by atoms with Gasteiger partial charge < -0.3 is 14.0 Å². The normalized spacial score (nSPS) is 11.2. The van der Waals surface area contributed by atoms with E-state index in [0.717, 1.165) is 12.5 Å². The maximum atomic E-state index is 13.2. The molecule has 7 heteroatoms. The van der Waals surface area contributed by atoms with Gasteiger partial charge in [-0.25, -0.2) is 9.18 Å². The molecule has 0 fully saturated rings. The number of hydrogen-bond acceptors (Lipinski definition) is 6. The number of ether oxygens (including phenoxy) is 2. The fourth-order valence-electron chi connectivity index (χ4n) is 1.74. The number of aromatic nitrogens is 2. The Bertz CT molecular complexity index is 700. The fourth-order valence-corrected chi connectivity index (χ4v) is 1.74. The lowest BCUT2D eigenvalue weighted by Crippen LogP contribution is -2.14. The molecule has 1 aromatic carbocycles. The number of methoxy groups -OCH3 is 1. The van der Waals surface area contributed by atoms with Gasteiger partial charge in [0.1, 0.15) is 11.9 Å². The fraction of sp³-hybridized carbons (Fsp3) is 0.389. The third-order valence-corrected chi connectivity index (χ3v) is 3.17. The summed E-state index contributed by atoms with van der Waals surface area (Å²) in [6.07, 6.45) is 1.78. The zero-order valence-electron chi connectivity index (χ0n) is 14.9. The van der Waals surface area contributed by atoms with Crippen molar-refractivity contribution in [1.29, 1.82) is 0 Å². The number of aryl methyl sites for hydroxylation is 2. The first-order chi connectivity index (χ1) is 11.9. The molecule has 1 atom stereocenters. The smallest absolute Gasteiger partial charge is 0.330 e. The topological polar surface area (TPSA) is 74.5 Å². The summed E-state index contributed by atoms with van der Waals surface area (Å²) in [4.78, 5) is 14.6. The minimum Gasteiger partial charge on any atom is -0.459 e. The molecule has 6 nitrogen and oxygen atoms in total. The van der Waals surface area contributed by atoms with Gasteiger partial charge in [0.2, 0.25) is 11.7 Å². The molecule has 0 aliphatic carbocycles. The van der Waals surface area contributed by atoms with E-state index in [1.807, 2.05) is 6.92 Å². The maximum Gasteiger partial charge on any atom is 0.330 e. The standard InChI is InChI=1S/C10H9FN2O.C8H14O3/c1-6-3-4-8(5-9(6)11)10-12-7(2)14-13-10;1-4-8(9)11-7(2)5-6-10-3/h3-5H,1-2H3;4,7H,1,5-6H2,2-3H3. The van der Waals surface area contributed by atoms with Crippen molar-refractivity contribution in [1.82, 2.24) is 10.1 Å². The second kappa shape index (κ2) is 10.4. The number of halogens is 1. The molecule has 2 rings (SSSR count). The van der Waals surface area contributed by atoms with Crippen LogP contribution in [0.15, 0.2) is 35.4 Å². The van der Waals surface area contributed by atoms with Crippen molar-refractivity contribution in [3.05, 3.63) is 48.1 Å². The van der Waals surface area contributed by atoms with E-state index in [1.165, 1.54) is 6.07 Å². The number of rotatable bonds is 6. The van der Waals surface area contributed by atoms with Crippen LogP contribution in [0, 0.1) is 19.7 Å². The van der Waals surface area contributed by atoms with Gasteiger partial charge in [0.05, 0.1) is 0 Å². The highest BCUT2D eigenvalue weighted by Crippen LogP contribution is 2.18. The van der Waals surface area contributed by atoms with E-state index in [2.05, 4.69) is 16.7 Å². The Kier molecular flexibility index (Phi) is 8.49. The van der Waals surface area contributed by atoms with Crippen molar-refractivity contribution in [2.24, 2.45) is 0 Å². The van der Waals surface area contributed by atoms with Crippen LogP contribution in [0.5, 0.6) is 0 Å². The van der Waals surface area contributed by atoms with Crippen LogP contribution >= 0.6 is 0 Å². The molecule has 0 aliphatic rings. The van der Waals surface area contributed by atoms with Crippen LogP contribution in [0.25, 0.3) is 11.4 Å². The summed E-state index contributed by atoms with van der Waals surface area (Å²) in [7, 11) is 1.61. The van der Waals surface area contributed by atoms with E-state index in [0.29, 0.717) is 29.4 Å². The highest BCUT2D eigenvalue weighted by Gasteiger charge is 2.07. The zero-order valence-corrected chi connectivity index (χ0v) is 14.9. The lowest BCUT2D eigenvalue weighted by molar-refractivity contribution is -0.142. The molecular formula is C18H23FN2O4. The summed E-state index contributed by atoms with van der Waals surface area (Å²) >= 11 is 0. The van der Waals surface area contributed by atoms with Crippen LogP contribution in [0.4, 0.5) is 4.39 Å². The monoisotopic (exact) mass is 350 g/mol. The number of hydrogen-bond donors (Lipinski definition) is 0. The predicted molar refractivity (Wildman–Crippen MR) is 91.4 cm³/mol. The van der Waals surface area contributed by atoms with E-state index in [1.54, 1.807) is 33.1 Å². The van der Waals surface area contributed by atoms with Crippen molar-refractivity contribution < 1.29 is 23.2 Å². The average Bonchev–Trinajstić information content (AvgIpc) is 3.02. The molecule has 0 N–H and O–H groups in total. The van der Waals surface area contributed by atoms with Crippen molar-refractivity contribution >= 4 is 5.97 Å². The van der Waals surface area contributed by atoms with Crippen LogP contribution < -0.4 is 0 Å². The molecular weight excluding hydrogens is 327 g/mol. The molecule has 0 aliphatic heterocycles. The van der Waals surface area contributed by atoms with Gasteiger partial charge in [-0.05, 0) is 25.5 Å². The molecule has 0 saturated carbocycles. The van der Waals surface area contributed by atoms with Crippen molar-refractivity contribution in [3.63, 3.8) is 0 Å². The molecule has 25 heavy (non-hydrogen) atoms. The van der Waals surface area contributed by atoms with Crippen LogP contribution in [-0.4, -0.2) is 35.9 Å². The number of nitrogens with zero attached hydrogens (tertiary/aromatic N) is 2. The van der Waals surface area contributed by atoms with Gasteiger partial charge in [0, 0.05) is 38.7 Å². The molecule has 1 aromatic heterocycles. The van der Waals surface area contributed by atoms with E-state index >= 15 is 0 Å². The SMILES string of the molecule is C=CC(=O)OC(C)CCOC.Cc1nc(-c2ccc(C)c(F)c2)no1. The van der Waals surface area contributed by atoms with E-state index in [9.17, 15) is 9.18 Å². The van der Waals surface area contributed by atoms with Gasteiger partial charge in [-0.1, -0.05) is 23.9 Å². The zero-order chi connectivity index (χ0) is 18.8. The first-order valence-electron chi connectivity index (χ1n) is 7.76. The van der Waals surface area contributed by atoms with Crippen LogP contribution in [-0.2, 0) is 14.3 Å². The van der Waals surface area contributed by atoms with Crippen LogP contribution in [0.1, 0.15) is 24.8 Å². The van der Waals surface area contributed by atoms with Crippen LogP contribution in [0.3, 0.4) is 0 Å². The maximum absolute atomic E-state index is 13.2. The lowest BCUT2D eigenvalue weighted by atomic mass is 10.1. The molecule has 0 spiro atoms. The third kappa shape index (κ3) is 7.26. The van der Waals surface area contributed by atoms with Gasteiger partial charge in [-0.15, -0.1) is 0 Å². The first kappa shape index (κ1) is 20.5. The number of carbonyl (C=O) groups excluding carboxylic acids is 1. The Balaban J connectivity index is 0.000000260. The highest BCUT2D eigenvalue weighted by atomic mass is 19.1. The Morgan fingerprint density at radius 1 is 1.44 bits per heavy atom. The minimum absolute atomic E-state index is 0.0968. The summed E-state index contributed by atoms with van der Waals surface area (Å²) in [6.45, 7) is 9.12. The van der Waals surface area contributed by atoms with Crippen LogP contribution in [0.2, 0.25) is 0 Å². The predicted octanol–water partition coefficient (Wildman–Crippen LogP) is 3.63. The molecule has 0 bridgehead atoms. The molecule has 0 radical (unpaired) electrons. The molecule has 1 unspecified atom stereocenters. The van der Waals surface area contributed by atoms with E-state index in [4.69, 9.17) is 14.0 Å². The molecule has 1 heterocycles. The van der Waals surface area contributed by atoms with Gasteiger partial charge in [-0.3, -0.25) is 0 Å². The average molecular weight is 350 g/mol. The molecule has 2 aromatic rings. The first-order valence-corrected chi connectivity index (χ1v) is 7.76. The van der Waals surface area contributed by atoms with E-state index in [-0.39, 0.29) is 17.9 Å². The minimum atomic E-state index is -0.381. The molecule has 0 amide bonds. The summed E-state index contributed by atoms with van der Waals surface area (Å²) in [5.41, 5.74) is 1.24. The molecule has 136 valence electrons. The quantitative estimate of drug-likeness (QED) is 0.585. The second-order valence-electron chi connectivity index (χ2n) is 5.33. The Morgan fingerprint density at radius 3 is 2.68 bits per heavy atom. The van der Waals surface area contributed by atoms with Gasteiger partial charge >= 0.3 is 5.97 Å². The van der Waals surface area contributed by atoms with E-state index < -0.39 is 0 Å². The lowest BCUT2D eigenvalue weighted by Gasteiger charge is -2.10. The number of carbonyl (C=O) groups is 1. The Hall–Kier alpha value is -2.54. The number of benzene rings is 1. The van der Waals surface area contributed by atoms with Gasteiger partial charge in [0.25, 0.3) is 0 Å². The summed E-state index contributed by atoms with van der Waals surface area (Å²) in [5.74, 6) is 0.251. The third-order valence-electron chi connectivity index (χ3n) is 3.17. The second-order valence-corrected chi connectivity index (χ2v) is 5.33. The Morgan fingerprint density at radius 2 is 2.16 bits per heavy atom. The van der Waals surface area contributed by atoms with Crippen molar-refractivity contribution in [2.45, 2.75) is 33.3 Å². The largest absolute Gasteiger partial charge is 0.459 e.